The second kappa shape index (κ2) is 6.49. The summed E-state index contributed by atoms with van der Waals surface area (Å²) < 4.78 is 6.37. The SMILES string of the molecule is COc1ccc2c(c1)CCc1sc(N=Cc3cccc(Br)c3)nc1-2. The number of nitrogens with zero attached hydrogens (tertiary/aromatic N) is 2. The molecule has 4 rings (SSSR count). The zero-order valence-corrected chi connectivity index (χ0v) is 15.5. The molecule has 0 spiro atoms. The number of aliphatic imine (C=N–C) groups is 1. The van der Waals surface area contributed by atoms with Crippen molar-refractivity contribution in [1.29, 1.82) is 0 Å². The Morgan fingerprint density at radius 3 is 2.96 bits per heavy atom. The van der Waals surface area contributed by atoms with Crippen LogP contribution in [0.4, 0.5) is 5.13 Å². The molecule has 0 bridgehead atoms. The van der Waals surface area contributed by atoms with Crippen LogP contribution in [0.25, 0.3) is 11.3 Å². The monoisotopic (exact) mass is 398 g/mol. The highest BCUT2D eigenvalue weighted by Crippen LogP contribution is 2.40. The van der Waals surface area contributed by atoms with Crippen molar-refractivity contribution in [1.82, 2.24) is 4.98 Å². The van der Waals surface area contributed by atoms with E-state index < -0.39 is 0 Å². The fourth-order valence-corrected chi connectivity index (χ4v) is 4.21. The summed E-state index contributed by atoms with van der Waals surface area (Å²) in [5.41, 5.74) is 4.64. The second-order valence-corrected chi connectivity index (χ2v) is 7.58. The molecule has 0 saturated heterocycles. The van der Waals surface area contributed by atoms with Crippen molar-refractivity contribution in [2.24, 2.45) is 4.99 Å². The van der Waals surface area contributed by atoms with E-state index in [2.05, 4.69) is 33.1 Å². The number of methoxy groups -OCH3 is 1. The van der Waals surface area contributed by atoms with Crippen LogP contribution in [0, 0.1) is 0 Å². The molecule has 0 saturated carbocycles. The van der Waals surface area contributed by atoms with Crippen LogP contribution in [-0.2, 0) is 12.8 Å². The molecule has 0 atom stereocenters. The van der Waals surface area contributed by atoms with Crippen molar-refractivity contribution in [2.75, 3.05) is 7.11 Å². The first-order valence-corrected chi connectivity index (χ1v) is 9.30. The molecule has 1 aliphatic carbocycles. The highest BCUT2D eigenvalue weighted by Gasteiger charge is 2.21. The van der Waals surface area contributed by atoms with E-state index in [1.165, 1.54) is 16.0 Å². The van der Waals surface area contributed by atoms with E-state index in [0.717, 1.165) is 39.5 Å². The number of fused-ring (bicyclic) bond motifs is 3. The molecule has 0 N–H and O–H groups in total. The number of hydrogen-bond donors (Lipinski definition) is 0. The fourth-order valence-electron chi connectivity index (χ4n) is 2.87. The Balaban J connectivity index is 1.66. The van der Waals surface area contributed by atoms with Gasteiger partial charge in [-0.2, -0.15) is 0 Å². The Morgan fingerprint density at radius 1 is 1.21 bits per heavy atom. The van der Waals surface area contributed by atoms with Gasteiger partial charge in [0.2, 0.25) is 5.13 Å². The lowest BCUT2D eigenvalue weighted by atomic mass is 9.93. The highest BCUT2D eigenvalue weighted by atomic mass is 79.9. The quantitative estimate of drug-likeness (QED) is 0.551. The molecular weight excluding hydrogens is 384 g/mol. The van der Waals surface area contributed by atoms with Crippen LogP contribution in [-0.4, -0.2) is 18.3 Å². The zero-order chi connectivity index (χ0) is 16.5. The summed E-state index contributed by atoms with van der Waals surface area (Å²) in [7, 11) is 1.70. The molecule has 5 heteroatoms. The maximum Gasteiger partial charge on any atom is 0.209 e. The summed E-state index contributed by atoms with van der Waals surface area (Å²) in [6.07, 6.45) is 3.90. The highest BCUT2D eigenvalue weighted by molar-refractivity contribution is 9.10. The van der Waals surface area contributed by atoms with Gasteiger partial charge >= 0.3 is 0 Å². The van der Waals surface area contributed by atoms with E-state index in [-0.39, 0.29) is 0 Å². The first kappa shape index (κ1) is 15.5. The zero-order valence-electron chi connectivity index (χ0n) is 13.1. The smallest absolute Gasteiger partial charge is 0.209 e. The molecule has 0 amide bonds. The normalized spacial score (nSPS) is 12.9. The van der Waals surface area contributed by atoms with Crippen LogP contribution < -0.4 is 4.74 Å². The Bertz CT molecular complexity index is 933. The summed E-state index contributed by atoms with van der Waals surface area (Å²) >= 11 is 5.16. The Labute approximate surface area is 153 Å². The summed E-state index contributed by atoms with van der Waals surface area (Å²) in [5, 5.41) is 0.809. The summed E-state index contributed by atoms with van der Waals surface area (Å²) in [6, 6.07) is 14.3. The molecule has 2 aromatic carbocycles. The van der Waals surface area contributed by atoms with E-state index in [4.69, 9.17) is 9.72 Å². The molecule has 1 heterocycles. The first-order valence-electron chi connectivity index (χ1n) is 7.69. The van der Waals surface area contributed by atoms with E-state index >= 15 is 0 Å². The van der Waals surface area contributed by atoms with Crippen molar-refractivity contribution in [3.63, 3.8) is 0 Å². The minimum atomic E-state index is 0.809. The van der Waals surface area contributed by atoms with Gasteiger partial charge in [-0.3, -0.25) is 0 Å². The Hall–Kier alpha value is -1.98. The number of halogens is 1. The third kappa shape index (κ3) is 3.01. The number of thiazole rings is 1. The summed E-state index contributed by atoms with van der Waals surface area (Å²) in [5.74, 6) is 0.903. The number of hydrogen-bond acceptors (Lipinski definition) is 4. The minimum Gasteiger partial charge on any atom is -0.497 e. The Kier molecular flexibility index (Phi) is 4.21. The van der Waals surface area contributed by atoms with Crippen LogP contribution in [0.2, 0.25) is 0 Å². The predicted molar refractivity (Wildman–Crippen MR) is 103 cm³/mol. The molecular formula is C19H15BrN2OS. The average molecular weight is 399 g/mol. The van der Waals surface area contributed by atoms with Gasteiger partial charge in [0.25, 0.3) is 0 Å². The van der Waals surface area contributed by atoms with Crippen LogP contribution in [0.15, 0.2) is 51.9 Å². The number of aryl methyl sites for hydroxylation is 2. The first-order chi connectivity index (χ1) is 11.7. The van der Waals surface area contributed by atoms with E-state index in [0.29, 0.717) is 0 Å². The molecule has 120 valence electrons. The largest absolute Gasteiger partial charge is 0.497 e. The molecule has 0 aliphatic heterocycles. The standard InChI is InChI=1S/C19H15BrN2OS/c1-23-15-6-7-16-13(10-15)5-8-17-18(16)22-19(24-17)21-11-12-3-2-4-14(20)9-12/h2-4,6-7,9-11H,5,8H2,1H3. The number of benzene rings is 2. The van der Waals surface area contributed by atoms with Crippen molar-refractivity contribution in [3.05, 3.63) is 62.9 Å². The minimum absolute atomic E-state index is 0.809. The van der Waals surface area contributed by atoms with Gasteiger partial charge in [-0.1, -0.05) is 39.4 Å². The summed E-state index contributed by atoms with van der Waals surface area (Å²) in [6.45, 7) is 0. The molecule has 0 radical (unpaired) electrons. The predicted octanol–water partition coefficient (Wildman–Crippen LogP) is 5.43. The van der Waals surface area contributed by atoms with Crippen LogP contribution >= 0.6 is 27.3 Å². The number of rotatable bonds is 3. The lowest BCUT2D eigenvalue weighted by molar-refractivity contribution is 0.414. The number of ether oxygens (including phenoxy) is 1. The van der Waals surface area contributed by atoms with Gasteiger partial charge in [0, 0.05) is 21.1 Å². The maximum atomic E-state index is 5.33. The molecule has 1 aromatic heterocycles. The van der Waals surface area contributed by atoms with Crippen molar-refractivity contribution < 1.29 is 4.74 Å². The van der Waals surface area contributed by atoms with E-state index in [1.54, 1.807) is 18.4 Å². The lowest BCUT2D eigenvalue weighted by Gasteiger charge is -2.15. The van der Waals surface area contributed by atoms with Crippen molar-refractivity contribution >= 4 is 38.6 Å². The van der Waals surface area contributed by atoms with Gasteiger partial charge in [0.05, 0.1) is 12.8 Å². The molecule has 24 heavy (non-hydrogen) atoms. The fraction of sp³-hybridized carbons (Fsp3) is 0.158. The van der Waals surface area contributed by atoms with Crippen LogP contribution in [0.3, 0.4) is 0 Å². The third-order valence-electron chi connectivity index (χ3n) is 4.05. The van der Waals surface area contributed by atoms with Gasteiger partial charge in [0.15, 0.2) is 0 Å². The molecule has 3 aromatic rings. The van der Waals surface area contributed by atoms with Gasteiger partial charge < -0.3 is 4.74 Å². The second-order valence-electron chi connectivity index (χ2n) is 5.60. The third-order valence-corrected chi connectivity index (χ3v) is 5.56. The van der Waals surface area contributed by atoms with Crippen LogP contribution in [0.1, 0.15) is 16.0 Å². The van der Waals surface area contributed by atoms with Gasteiger partial charge in [-0.25, -0.2) is 9.98 Å². The maximum absolute atomic E-state index is 5.33. The van der Waals surface area contributed by atoms with E-state index in [1.807, 2.05) is 36.5 Å². The van der Waals surface area contributed by atoms with Gasteiger partial charge in [0.1, 0.15) is 5.75 Å². The summed E-state index contributed by atoms with van der Waals surface area (Å²) in [4.78, 5) is 10.6. The average Bonchev–Trinajstić information content (AvgIpc) is 3.03. The van der Waals surface area contributed by atoms with Crippen molar-refractivity contribution in [2.45, 2.75) is 12.8 Å². The number of aromatic nitrogens is 1. The molecule has 1 aliphatic rings. The van der Waals surface area contributed by atoms with Crippen LogP contribution in [0.5, 0.6) is 5.75 Å². The Morgan fingerprint density at radius 2 is 2.12 bits per heavy atom. The molecule has 3 nitrogen and oxygen atoms in total. The molecule has 0 unspecified atom stereocenters. The van der Waals surface area contributed by atoms with Gasteiger partial charge in [-0.05, 0) is 54.3 Å². The van der Waals surface area contributed by atoms with Crippen molar-refractivity contribution in [3.8, 4) is 17.0 Å². The van der Waals surface area contributed by atoms with E-state index in [9.17, 15) is 0 Å². The topological polar surface area (TPSA) is 34.5 Å². The van der Waals surface area contributed by atoms with Gasteiger partial charge in [-0.15, -0.1) is 0 Å². The lowest BCUT2D eigenvalue weighted by Crippen LogP contribution is -2.02. The molecule has 0 fully saturated rings.